The second kappa shape index (κ2) is 7.95. The quantitative estimate of drug-likeness (QED) is 0.255. The van der Waals surface area contributed by atoms with Crippen LogP contribution in [0.1, 0.15) is 40.4 Å². The van der Waals surface area contributed by atoms with Crippen LogP contribution in [0.4, 0.5) is 5.69 Å². The second-order valence-corrected chi connectivity index (χ2v) is 6.43. The molecule has 1 aliphatic carbocycles. The van der Waals surface area contributed by atoms with Crippen LogP contribution in [0.3, 0.4) is 0 Å². The summed E-state index contributed by atoms with van der Waals surface area (Å²) in [6.45, 7) is 1.52. The molecule has 3 rings (SSSR count). The molecule has 0 radical (unpaired) electrons. The number of nitro benzene ring substituents is 1. The molecule has 27 heavy (non-hydrogen) atoms. The summed E-state index contributed by atoms with van der Waals surface area (Å²) in [7, 11) is 0. The first-order valence-corrected chi connectivity index (χ1v) is 8.74. The fourth-order valence-electron chi connectivity index (χ4n) is 3.18. The molecule has 0 spiro atoms. The highest BCUT2D eigenvalue weighted by Gasteiger charge is 2.21. The van der Waals surface area contributed by atoms with Gasteiger partial charge in [-0.15, -0.1) is 0 Å². The minimum Gasteiger partial charge on any atom is -0.451 e. The Morgan fingerprint density at radius 1 is 1.15 bits per heavy atom. The molecular weight excluding hydrogens is 346 g/mol. The molecule has 0 bridgehead atoms. The summed E-state index contributed by atoms with van der Waals surface area (Å²) in [5, 5.41) is 11.0. The Bertz CT molecular complexity index is 932. The number of aryl methyl sites for hydroxylation is 2. The molecule has 2 aromatic carbocycles. The van der Waals surface area contributed by atoms with E-state index in [2.05, 4.69) is 0 Å². The first-order chi connectivity index (χ1) is 13.0. The van der Waals surface area contributed by atoms with Gasteiger partial charge in [-0.2, -0.15) is 0 Å². The van der Waals surface area contributed by atoms with E-state index in [-0.39, 0.29) is 17.0 Å². The van der Waals surface area contributed by atoms with Crippen molar-refractivity contribution in [1.29, 1.82) is 0 Å². The molecule has 6 heteroatoms. The summed E-state index contributed by atoms with van der Waals surface area (Å²) in [6, 6.07) is 11.7. The van der Waals surface area contributed by atoms with Gasteiger partial charge in [0.25, 0.3) is 5.69 Å². The van der Waals surface area contributed by atoms with Crippen LogP contribution in [0.15, 0.2) is 48.5 Å². The summed E-state index contributed by atoms with van der Waals surface area (Å²) >= 11 is 0. The molecule has 1 atom stereocenters. The van der Waals surface area contributed by atoms with E-state index in [9.17, 15) is 19.7 Å². The lowest BCUT2D eigenvalue weighted by Crippen LogP contribution is -2.23. The molecule has 0 saturated carbocycles. The highest BCUT2D eigenvalue weighted by Crippen LogP contribution is 2.24. The highest BCUT2D eigenvalue weighted by molar-refractivity contribution is 6.01. The third-order valence-corrected chi connectivity index (χ3v) is 4.58. The van der Waals surface area contributed by atoms with Gasteiger partial charge in [0.2, 0.25) is 5.78 Å². The average Bonchev–Trinajstić information content (AvgIpc) is 3.13. The fraction of sp³-hybridized carbons (Fsp3) is 0.238. The number of carbonyl (C=O) groups excluding carboxylic acids is 2. The maximum Gasteiger partial charge on any atom is 0.331 e. The van der Waals surface area contributed by atoms with Crippen LogP contribution in [0, 0.1) is 10.1 Å². The maximum absolute atomic E-state index is 12.5. The number of Topliss-reactive ketones (excluding diaryl/α,β-unsaturated/α-hetero) is 1. The van der Waals surface area contributed by atoms with Gasteiger partial charge < -0.3 is 4.74 Å². The first-order valence-electron chi connectivity index (χ1n) is 8.74. The molecule has 0 N–H and O–H groups in total. The number of ether oxygens (including phenoxy) is 1. The SMILES string of the molecule is C[C@@H](OC(=O)/C=C/c1ccccc1[N+](=O)[O-])C(=O)c1ccc2c(c1)CCC2. The number of ketones is 1. The van der Waals surface area contributed by atoms with Crippen molar-refractivity contribution in [2.75, 3.05) is 0 Å². The number of carbonyl (C=O) groups is 2. The molecule has 0 aliphatic heterocycles. The largest absolute Gasteiger partial charge is 0.451 e. The number of nitro groups is 1. The molecule has 2 aromatic rings. The maximum atomic E-state index is 12.5. The third-order valence-electron chi connectivity index (χ3n) is 4.58. The number of esters is 1. The van der Waals surface area contributed by atoms with Crippen molar-refractivity contribution in [3.63, 3.8) is 0 Å². The summed E-state index contributed by atoms with van der Waals surface area (Å²) in [4.78, 5) is 35.0. The van der Waals surface area contributed by atoms with Crippen LogP contribution in [-0.4, -0.2) is 22.8 Å². The van der Waals surface area contributed by atoms with Gasteiger partial charge >= 0.3 is 5.97 Å². The molecule has 0 heterocycles. The summed E-state index contributed by atoms with van der Waals surface area (Å²) in [5.74, 6) is -0.993. The van der Waals surface area contributed by atoms with Gasteiger partial charge in [0.05, 0.1) is 10.5 Å². The lowest BCUT2D eigenvalue weighted by atomic mass is 10.0. The van der Waals surface area contributed by atoms with Gasteiger partial charge in [0, 0.05) is 17.7 Å². The number of hydrogen-bond donors (Lipinski definition) is 0. The fourth-order valence-corrected chi connectivity index (χ4v) is 3.18. The molecular formula is C21H19NO5. The number of hydrogen-bond acceptors (Lipinski definition) is 5. The summed E-state index contributed by atoms with van der Waals surface area (Å²) in [5.41, 5.74) is 3.15. The van der Waals surface area contributed by atoms with Crippen molar-refractivity contribution < 1.29 is 19.2 Å². The number of rotatable bonds is 6. The van der Waals surface area contributed by atoms with Crippen LogP contribution in [0.5, 0.6) is 0 Å². The van der Waals surface area contributed by atoms with Crippen LogP contribution in [-0.2, 0) is 22.4 Å². The van der Waals surface area contributed by atoms with Crippen LogP contribution in [0.25, 0.3) is 6.08 Å². The van der Waals surface area contributed by atoms with Crippen molar-refractivity contribution in [3.8, 4) is 0 Å². The summed E-state index contributed by atoms with van der Waals surface area (Å²) < 4.78 is 5.16. The zero-order valence-electron chi connectivity index (χ0n) is 14.9. The van der Waals surface area contributed by atoms with Gasteiger partial charge in [-0.1, -0.05) is 24.3 Å². The molecule has 0 aromatic heterocycles. The Kier molecular flexibility index (Phi) is 5.45. The first kappa shape index (κ1) is 18.5. The molecule has 0 fully saturated rings. The monoisotopic (exact) mass is 365 g/mol. The lowest BCUT2D eigenvalue weighted by Gasteiger charge is -2.12. The molecule has 6 nitrogen and oxygen atoms in total. The molecule has 138 valence electrons. The Labute approximate surface area is 156 Å². The van der Waals surface area contributed by atoms with Gasteiger partial charge in [0.1, 0.15) is 0 Å². The molecule has 1 aliphatic rings. The Balaban J connectivity index is 1.65. The van der Waals surface area contributed by atoms with Gasteiger partial charge in [0.15, 0.2) is 6.10 Å². The predicted molar refractivity (Wildman–Crippen MR) is 100 cm³/mol. The molecule has 0 amide bonds. The van der Waals surface area contributed by atoms with Crippen LogP contribution < -0.4 is 0 Å². The van der Waals surface area contributed by atoms with Gasteiger partial charge in [-0.3, -0.25) is 14.9 Å². The zero-order chi connectivity index (χ0) is 19.4. The standard InChI is InChI=1S/C21H19NO5/c1-14(21(24)18-10-9-15-6-4-7-17(15)13-18)27-20(23)12-11-16-5-2-3-8-19(16)22(25)26/h2-3,5,8-14H,4,6-7H2,1H3/b12-11+/t14-/m1/s1. The van der Waals surface area contributed by atoms with Crippen LogP contribution >= 0.6 is 0 Å². The van der Waals surface area contributed by atoms with Crippen molar-refractivity contribution in [2.45, 2.75) is 32.3 Å². The normalized spacial score (nSPS) is 14.0. The Morgan fingerprint density at radius 2 is 1.89 bits per heavy atom. The van der Waals surface area contributed by atoms with Crippen molar-refractivity contribution in [1.82, 2.24) is 0 Å². The van der Waals surface area contributed by atoms with E-state index in [1.165, 1.54) is 36.3 Å². The van der Waals surface area contributed by atoms with Crippen molar-refractivity contribution in [2.24, 2.45) is 0 Å². The number of fused-ring (bicyclic) bond motifs is 1. The molecule has 0 unspecified atom stereocenters. The van der Waals surface area contributed by atoms with Crippen molar-refractivity contribution in [3.05, 3.63) is 80.9 Å². The lowest BCUT2D eigenvalue weighted by molar-refractivity contribution is -0.385. The number of para-hydroxylation sites is 1. The van der Waals surface area contributed by atoms with E-state index in [0.29, 0.717) is 5.56 Å². The van der Waals surface area contributed by atoms with E-state index < -0.39 is 17.0 Å². The van der Waals surface area contributed by atoms with Gasteiger partial charge in [-0.25, -0.2) is 4.79 Å². The minimum absolute atomic E-state index is 0.108. The van der Waals surface area contributed by atoms with E-state index in [0.717, 1.165) is 25.3 Å². The third kappa shape index (κ3) is 4.28. The van der Waals surface area contributed by atoms with E-state index in [4.69, 9.17) is 4.74 Å². The predicted octanol–water partition coefficient (Wildman–Crippen LogP) is 3.91. The van der Waals surface area contributed by atoms with Gasteiger partial charge in [-0.05, 0) is 55.5 Å². The smallest absolute Gasteiger partial charge is 0.331 e. The summed E-state index contributed by atoms with van der Waals surface area (Å²) in [6.07, 6.45) is 4.55. The Morgan fingerprint density at radius 3 is 2.67 bits per heavy atom. The highest BCUT2D eigenvalue weighted by atomic mass is 16.6. The molecule has 0 saturated heterocycles. The topological polar surface area (TPSA) is 86.5 Å². The minimum atomic E-state index is -0.938. The number of benzene rings is 2. The van der Waals surface area contributed by atoms with Crippen molar-refractivity contribution >= 4 is 23.5 Å². The van der Waals surface area contributed by atoms with E-state index in [1.54, 1.807) is 18.2 Å². The average molecular weight is 365 g/mol. The Hall–Kier alpha value is -3.28. The van der Waals surface area contributed by atoms with E-state index in [1.807, 2.05) is 12.1 Å². The zero-order valence-corrected chi connectivity index (χ0v) is 14.9. The van der Waals surface area contributed by atoms with Crippen LogP contribution in [0.2, 0.25) is 0 Å². The number of nitrogens with zero attached hydrogens (tertiary/aromatic N) is 1. The second-order valence-electron chi connectivity index (χ2n) is 6.43. The van der Waals surface area contributed by atoms with E-state index >= 15 is 0 Å².